The molecule has 0 aliphatic carbocycles. The molecule has 0 spiro atoms. The van der Waals surface area contributed by atoms with Gasteiger partial charge in [-0.3, -0.25) is 4.40 Å². The van der Waals surface area contributed by atoms with Gasteiger partial charge in [0.25, 0.3) is 0 Å². The zero-order valence-corrected chi connectivity index (χ0v) is 9.85. The standard InChI is InChI=1S/C14H15N3/c1-10-2-4-13-11(8-10)3-5-14-16-12(6-7-15)9-17(13)14/h2-5,8-9H,6-7,15H2,1H3. The van der Waals surface area contributed by atoms with E-state index in [0.29, 0.717) is 6.54 Å². The molecule has 2 N–H and O–H groups in total. The van der Waals surface area contributed by atoms with E-state index in [-0.39, 0.29) is 0 Å². The Hall–Kier alpha value is -1.87. The molecule has 0 radical (unpaired) electrons. The molecule has 3 rings (SSSR count). The molecule has 0 amide bonds. The van der Waals surface area contributed by atoms with E-state index < -0.39 is 0 Å². The molecule has 0 atom stereocenters. The maximum absolute atomic E-state index is 5.57. The number of nitrogens with zero attached hydrogens (tertiary/aromatic N) is 2. The minimum absolute atomic E-state index is 0.640. The van der Waals surface area contributed by atoms with Gasteiger partial charge in [-0.05, 0) is 43.1 Å². The third-order valence-corrected chi connectivity index (χ3v) is 3.04. The van der Waals surface area contributed by atoms with Crippen molar-refractivity contribution in [2.75, 3.05) is 6.54 Å². The van der Waals surface area contributed by atoms with Gasteiger partial charge in [-0.1, -0.05) is 11.6 Å². The first-order valence-corrected chi connectivity index (χ1v) is 5.85. The molecule has 0 bridgehead atoms. The van der Waals surface area contributed by atoms with Crippen molar-refractivity contribution in [1.82, 2.24) is 9.38 Å². The zero-order chi connectivity index (χ0) is 11.8. The number of benzene rings is 1. The Bertz CT molecular complexity index is 682. The van der Waals surface area contributed by atoms with Crippen LogP contribution in [0.3, 0.4) is 0 Å². The van der Waals surface area contributed by atoms with Crippen LogP contribution < -0.4 is 5.73 Å². The van der Waals surface area contributed by atoms with Crippen molar-refractivity contribution in [3.63, 3.8) is 0 Å². The summed E-state index contributed by atoms with van der Waals surface area (Å²) in [5, 5.41) is 1.24. The molecule has 0 saturated heterocycles. The molecule has 2 aromatic heterocycles. The molecule has 1 aromatic carbocycles. The van der Waals surface area contributed by atoms with E-state index >= 15 is 0 Å². The maximum atomic E-state index is 5.57. The van der Waals surface area contributed by atoms with Crippen molar-refractivity contribution in [2.45, 2.75) is 13.3 Å². The fraction of sp³-hybridized carbons (Fsp3) is 0.214. The molecule has 17 heavy (non-hydrogen) atoms. The third-order valence-electron chi connectivity index (χ3n) is 3.04. The highest BCUT2D eigenvalue weighted by Gasteiger charge is 2.04. The van der Waals surface area contributed by atoms with Gasteiger partial charge in [-0.2, -0.15) is 0 Å². The van der Waals surface area contributed by atoms with Crippen LogP contribution in [0.4, 0.5) is 0 Å². The summed E-state index contributed by atoms with van der Waals surface area (Å²) in [6, 6.07) is 10.6. The van der Waals surface area contributed by atoms with Gasteiger partial charge in [0.1, 0.15) is 5.65 Å². The molecule has 0 saturated carbocycles. The Morgan fingerprint density at radius 1 is 1.24 bits per heavy atom. The minimum Gasteiger partial charge on any atom is -0.330 e. The largest absolute Gasteiger partial charge is 0.330 e. The number of hydrogen-bond donors (Lipinski definition) is 1. The first-order chi connectivity index (χ1) is 8.28. The van der Waals surface area contributed by atoms with E-state index in [2.05, 4.69) is 52.8 Å². The number of aryl methyl sites for hydroxylation is 1. The van der Waals surface area contributed by atoms with Crippen molar-refractivity contribution >= 4 is 16.6 Å². The molecular formula is C14H15N3. The second kappa shape index (κ2) is 3.86. The van der Waals surface area contributed by atoms with Gasteiger partial charge in [0.2, 0.25) is 0 Å². The van der Waals surface area contributed by atoms with Gasteiger partial charge in [-0.25, -0.2) is 4.98 Å². The van der Waals surface area contributed by atoms with Crippen molar-refractivity contribution in [1.29, 1.82) is 0 Å². The number of fused-ring (bicyclic) bond motifs is 3. The highest BCUT2D eigenvalue weighted by molar-refractivity contribution is 5.82. The average molecular weight is 225 g/mol. The Morgan fingerprint density at radius 2 is 2.12 bits per heavy atom. The Balaban J connectivity index is 2.31. The number of imidazole rings is 1. The summed E-state index contributed by atoms with van der Waals surface area (Å²) in [6.07, 6.45) is 2.91. The lowest BCUT2D eigenvalue weighted by Gasteiger charge is -2.02. The number of aromatic nitrogens is 2. The summed E-state index contributed by atoms with van der Waals surface area (Å²) in [4.78, 5) is 4.56. The van der Waals surface area contributed by atoms with Gasteiger partial charge in [0, 0.05) is 12.6 Å². The highest BCUT2D eigenvalue weighted by atomic mass is 15.0. The van der Waals surface area contributed by atoms with Gasteiger partial charge in [0.05, 0.1) is 11.2 Å². The molecule has 3 heteroatoms. The van der Waals surface area contributed by atoms with Crippen molar-refractivity contribution in [3.8, 4) is 0 Å². The highest BCUT2D eigenvalue weighted by Crippen LogP contribution is 2.18. The second-order valence-electron chi connectivity index (χ2n) is 4.39. The molecule has 0 fully saturated rings. The van der Waals surface area contributed by atoms with Crippen LogP contribution in [0.1, 0.15) is 11.3 Å². The predicted octanol–water partition coefficient (Wildman–Crippen LogP) is 2.30. The van der Waals surface area contributed by atoms with Crippen LogP contribution in [0.25, 0.3) is 16.6 Å². The summed E-state index contributed by atoms with van der Waals surface area (Å²) < 4.78 is 2.14. The van der Waals surface area contributed by atoms with Crippen LogP contribution >= 0.6 is 0 Å². The Morgan fingerprint density at radius 3 is 2.94 bits per heavy atom. The van der Waals surface area contributed by atoms with Crippen LogP contribution in [0.15, 0.2) is 36.5 Å². The van der Waals surface area contributed by atoms with Crippen LogP contribution in [-0.4, -0.2) is 15.9 Å². The first kappa shape index (κ1) is 10.3. The molecule has 0 aliphatic heterocycles. The molecular weight excluding hydrogens is 210 g/mol. The quantitative estimate of drug-likeness (QED) is 0.727. The predicted molar refractivity (Wildman–Crippen MR) is 70.2 cm³/mol. The van der Waals surface area contributed by atoms with Gasteiger partial charge in [0.15, 0.2) is 0 Å². The first-order valence-electron chi connectivity index (χ1n) is 5.85. The number of hydrogen-bond acceptors (Lipinski definition) is 2. The van der Waals surface area contributed by atoms with E-state index in [0.717, 1.165) is 17.8 Å². The van der Waals surface area contributed by atoms with E-state index in [1.54, 1.807) is 0 Å². The van der Waals surface area contributed by atoms with Crippen molar-refractivity contribution < 1.29 is 0 Å². The normalized spacial score (nSPS) is 11.4. The van der Waals surface area contributed by atoms with Crippen molar-refractivity contribution in [2.24, 2.45) is 5.73 Å². The summed E-state index contributed by atoms with van der Waals surface area (Å²) >= 11 is 0. The molecule has 3 nitrogen and oxygen atoms in total. The van der Waals surface area contributed by atoms with E-state index in [1.807, 2.05) is 0 Å². The Kier molecular flexibility index (Phi) is 2.34. The number of pyridine rings is 1. The summed E-state index contributed by atoms with van der Waals surface area (Å²) in [5.41, 5.74) is 10.1. The van der Waals surface area contributed by atoms with Gasteiger partial charge >= 0.3 is 0 Å². The summed E-state index contributed by atoms with van der Waals surface area (Å²) in [7, 11) is 0. The third kappa shape index (κ3) is 1.68. The van der Waals surface area contributed by atoms with Crippen LogP contribution in [-0.2, 0) is 6.42 Å². The SMILES string of the molecule is Cc1ccc2c(ccc3nc(CCN)cn32)c1. The van der Waals surface area contributed by atoms with E-state index in [1.165, 1.54) is 16.5 Å². The maximum Gasteiger partial charge on any atom is 0.137 e. The summed E-state index contributed by atoms with van der Waals surface area (Å²) in [6.45, 7) is 2.75. The lowest BCUT2D eigenvalue weighted by Crippen LogP contribution is -2.02. The van der Waals surface area contributed by atoms with E-state index in [9.17, 15) is 0 Å². The number of nitrogens with two attached hydrogens (primary N) is 1. The molecule has 3 aromatic rings. The molecule has 0 aliphatic rings. The summed E-state index contributed by atoms with van der Waals surface area (Å²) in [5.74, 6) is 0. The smallest absolute Gasteiger partial charge is 0.137 e. The number of rotatable bonds is 2. The topological polar surface area (TPSA) is 43.3 Å². The average Bonchev–Trinajstić information content (AvgIpc) is 2.72. The second-order valence-corrected chi connectivity index (χ2v) is 4.39. The lowest BCUT2D eigenvalue weighted by molar-refractivity contribution is 0.937. The minimum atomic E-state index is 0.640. The fourth-order valence-corrected chi connectivity index (χ4v) is 2.22. The molecule has 2 heterocycles. The lowest BCUT2D eigenvalue weighted by atomic mass is 10.1. The van der Waals surface area contributed by atoms with Gasteiger partial charge in [-0.15, -0.1) is 0 Å². The monoisotopic (exact) mass is 225 g/mol. The molecule has 0 unspecified atom stereocenters. The van der Waals surface area contributed by atoms with Crippen LogP contribution in [0, 0.1) is 6.92 Å². The molecule has 86 valence electrons. The van der Waals surface area contributed by atoms with Crippen LogP contribution in [0.2, 0.25) is 0 Å². The van der Waals surface area contributed by atoms with E-state index in [4.69, 9.17) is 5.73 Å². The Labute approximate surface area is 99.9 Å². The van der Waals surface area contributed by atoms with Crippen LogP contribution in [0.5, 0.6) is 0 Å². The van der Waals surface area contributed by atoms with Gasteiger partial charge < -0.3 is 5.73 Å². The zero-order valence-electron chi connectivity index (χ0n) is 9.85. The fourth-order valence-electron chi connectivity index (χ4n) is 2.22. The van der Waals surface area contributed by atoms with Crippen molar-refractivity contribution in [3.05, 3.63) is 47.8 Å².